The normalized spacial score (nSPS) is 17.2. The van der Waals surface area contributed by atoms with Gasteiger partial charge in [-0.15, -0.1) is 0 Å². The average Bonchev–Trinajstić information content (AvgIpc) is 2.89. The number of benzene rings is 3. The Morgan fingerprint density at radius 1 is 0.853 bits per heavy atom. The molecule has 2 atom stereocenters. The maximum Gasteiger partial charge on any atom is 0.305 e. The number of β-lactam (4-membered cyclic amide) rings is 1. The van der Waals surface area contributed by atoms with Gasteiger partial charge in [-0.25, -0.2) is 0 Å². The highest BCUT2D eigenvalue weighted by molar-refractivity contribution is 6.03. The van der Waals surface area contributed by atoms with Crippen LogP contribution in [-0.2, 0) is 27.2 Å². The van der Waals surface area contributed by atoms with Gasteiger partial charge in [0.25, 0.3) is 0 Å². The van der Waals surface area contributed by atoms with Crippen LogP contribution in [-0.4, -0.2) is 26.1 Å². The third-order valence-corrected chi connectivity index (χ3v) is 6.55. The second-order valence-electron chi connectivity index (χ2n) is 8.65. The van der Waals surface area contributed by atoms with Gasteiger partial charge in [-0.2, -0.15) is 0 Å². The zero-order valence-electron chi connectivity index (χ0n) is 19.8. The van der Waals surface area contributed by atoms with Gasteiger partial charge in [0.05, 0.1) is 26.2 Å². The number of hydrogen-bond donors (Lipinski definition) is 0. The molecule has 1 aliphatic rings. The van der Waals surface area contributed by atoms with Gasteiger partial charge in [0.15, 0.2) is 0 Å². The number of carbonyl (C=O) groups is 2. The van der Waals surface area contributed by atoms with Gasteiger partial charge in [-0.05, 0) is 66.6 Å². The lowest BCUT2D eigenvalue weighted by molar-refractivity contribution is -0.140. The zero-order chi connectivity index (χ0) is 23.9. The maximum absolute atomic E-state index is 13.3. The largest absolute Gasteiger partial charge is 0.497 e. The van der Waals surface area contributed by atoms with E-state index in [1.165, 1.54) is 12.7 Å². The fourth-order valence-electron chi connectivity index (χ4n) is 4.64. The molecule has 0 bridgehead atoms. The minimum atomic E-state index is -0.210. The SMILES string of the molecule is COC(=O)CCc1ccc([C@H]2[C@H](CCCc3ccccc3)C(=O)N2c2ccc(OC)cc2)cc1. The van der Waals surface area contributed by atoms with Crippen LogP contribution >= 0.6 is 0 Å². The highest BCUT2D eigenvalue weighted by Crippen LogP contribution is 2.46. The van der Waals surface area contributed by atoms with Crippen molar-refractivity contribution in [3.05, 3.63) is 95.6 Å². The summed E-state index contributed by atoms with van der Waals surface area (Å²) in [6.45, 7) is 0. The van der Waals surface area contributed by atoms with E-state index in [9.17, 15) is 9.59 Å². The summed E-state index contributed by atoms with van der Waals surface area (Å²) in [5, 5.41) is 0. The molecule has 0 aromatic heterocycles. The quantitative estimate of drug-likeness (QED) is 0.297. The van der Waals surface area contributed by atoms with E-state index in [4.69, 9.17) is 9.47 Å². The van der Waals surface area contributed by atoms with Crippen LogP contribution in [0.2, 0.25) is 0 Å². The van der Waals surface area contributed by atoms with Gasteiger partial charge >= 0.3 is 5.97 Å². The van der Waals surface area contributed by atoms with Crippen molar-refractivity contribution in [3.8, 4) is 5.75 Å². The molecule has 4 rings (SSSR count). The number of ether oxygens (including phenoxy) is 2. The van der Waals surface area contributed by atoms with Crippen molar-refractivity contribution in [1.29, 1.82) is 0 Å². The van der Waals surface area contributed by atoms with Gasteiger partial charge in [0.1, 0.15) is 5.75 Å². The smallest absolute Gasteiger partial charge is 0.305 e. The van der Waals surface area contributed by atoms with E-state index < -0.39 is 0 Å². The van der Waals surface area contributed by atoms with E-state index in [0.717, 1.165) is 41.8 Å². The number of nitrogens with zero attached hydrogens (tertiary/aromatic N) is 1. The molecule has 5 nitrogen and oxygen atoms in total. The summed E-state index contributed by atoms with van der Waals surface area (Å²) >= 11 is 0. The van der Waals surface area contributed by atoms with Crippen LogP contribution in [0.15, 0.2) is 78.9 Å². The Labute approximate surface area is 201 Å². The van der Waals surface area contributed by atoms with Crippen LogP contribution in [0, 0.1) is 5.92 Å². The first-order valence-electron chi connectivity index (χ1n) is 11.8. The summed E-state index contributed by atoms with van der Waals surface area (Å²) in [6.07, 6.45) is 3.77. The minimum absolute atomic E-state index is 0.00803. The molecule has 0 radical (unpaired) electrons. The molecule has 1 saturated heterocycles. The second kappa shape index (κ2) is 11.0. The van der Waals surface area contributed by atoms with Gasteiger partial charge in [0.2, 0.25) is 5.91 Å². The number of hydrogen-bond acceptors (Lipinski definition) is 4. The van der Waals surface area contributed by atoms with Crippen molar-refractivity contribution in [2.75, 3.05) is 19.1 Å². The molecule has 34 heavy (non-hydrogen) atoms. The Hall–Kier alpha value is -3.60. The molecule has 0 N–H and O–H groups in total. The van der Waals surface area contributed by atoms with Crippen LogP contribution in [0.3, 0.4) is 0 Å². The van der Waals surface area contributed by atoms with Crippen molar-refractivity contribution in [3.63, 3.8) is 0 Å². The predicted octanol–water partition coefficient (Wildman–Crippen LogP) is 5.53. The molecule has 1 amide bonds. The van der Waals surface area contributed by atoms with Crippen molar-refractivity contribution in [2.24, 2.45) is 5.92 Å². The van der Waals surface area contributed by atoms with E-state index in [1.807, 2.05) is 47.4 Å². The molecule has 3 aromatic rings. The summed E-state index contributed by atoms with van der Waals surface area (Å²) in [7, 11) is 3.04. The molecule has 5 heteroatoms. The summed E-state index contributed by atoms with van der Waals surface area (Å²) in [5.74, 6) is 0.671. The standard InChI is InChI=1S/C29H31NO4/c1-33-25-18-16-24(17-19-25)30-28(23-14-11-22(12-15-23)13-20-27(31)34-2)26(29(30)32)10-6-9-21-7-4-3-5-8-21/h3-5,7-8,11-12,14-19,26,28H,6,9-10,13,20H2,1-2H3/t26-,28-/m0/s1. The Morgan fingerprint density at radius 3 is 2.18 bits per heavy atom. The molecule has 1 fully saturated rings. The highest BCUT2D eigenvalue weighted by atomic mass is 16.5. The Bertz CT molecular complexity index is 1090. The number of methoxy groups -OCH3 is 2. The third kappa shape index (κ3) is 5.30. The maximum atomic E-state index is 13.3. The van der Waals surface area contributed by atoms with Crippen LogP contribution in [0.25, 0.3) is 0 Å². The van der Waals surface area contributed by atoms with Gasteiger partial charge in [-0.3, -0.25) is 9.59 Å². The summed E-state index contributed by atoms with van der Waals surface area (Å²) in [6, 6.07) is 26.3. The van der Waals surface area contributed by atoms with Gasteiger partial charge in [-0.1, -0.05) is 54.6 Å². The van der Waals surface area contributed by atoms with Gasteiger partial charge < -0.3 is 14.4 Å². The summed E-state index contributed by atoms with van der Waals surface area (Å²) in [4.78, 5) is 26.6. The van der Waals surface area contributed by atoms with Crippen LogP contribution in [0.5, 0.6) is 5.75 Å². The number of rotatable bonds is 10. The van der Waals surface area contributed by atoms with Crippen molar-refractivity contribution in [2.45, 2.75) is 38.1 Å². The van der Waals surface area contributed by atoms with Crippen molar-refractivity contribution < 1.29 is 19.1 Å². The lowest BCUT2D eigenvalue weighted by Gasteiger charge is -2.48. The Balaban J connectivity index is 1.51. The van der Waals surface area contributed by atoms with E-state index in [0.29, 0.717) is 12.8 Å². The fourth-order valence-corrected chi connectivity index (χ4v) is 4.64. The topological polar surface area (TPSA) is 55.8 Å². The molecule has 0 unspecified atom stereocenters. The van der Waals surface area contributed by atoms with Crippen LogP contribution < -0.4 is 9.64 Å². The zero-order valence-corrected chi connectivity index (χ0v) is 19.8. The molecule has 0 saturated carbocycles. The molecule has 0 aliphatic carbocycles. The molecule has 176 valence electrons. The predicted molar refractivity (Wildman–Crippen MR) is 133 cm³/mol. The number of esters is 1. The Morgan fingerprint density at radius 2 is 1.53 bits per heavy atom. The van der Waals surface area contributed by atoms with E-state index in [-0.39, 0.29) is 23.8 Å². The number of aryl methyl sites for hydroxylation is 2. The minimum Gasteiger partial charge on any atom is -0.497 e. The van der Waals surface area contributed by atoms with Gasteiger partial charge in [0, 0.05) is 12.1 Å². The first-order chi connectivity index (χ1) is 16.6. The second-order valence-corrected chi connectivity index (χ2v) is 8.65. The monoisotopic (exact) mass is 457 g/mol. The third-order valence-electron chi connectivity index (χ3n) is 6.55. The number of carbonyl (C=O) groups excluding carboxylic acids is 2. The average molecular weight is 458 g/mol. The summed E-state index contributed by atoms with van der Waals surface area (Å²) < 4.78 is 10.0. The molecule has 1 heterocycles. The molecular weight excluding hydrogens is 426 g/mol. The lowest BCUT2D eigenvalue weighted by atomic mass is 9.78. The van der Waals surface area contributed by atoms with Crippen LogP contribution in [0.1, 0.15) is 42.0 Å². The highest BCUT2D eigenvalue weighted by Gasteiger charge is 2.48. The first-order valence-corrected chi connectivity index (χ1v) is 11.8. The molecule has 1 aliphatic heterocycles. The number of amides is 1. The Kier molecular flexibility index (Phi) is 7.63. The number of anilines is 1. The van der Waals surface area contributed by atoms with E-state index >= 15 is 0 Å². The van der Waals surface area contributed by atoms with Crippen molar-refractivity contribution in [1.82, 2.24) is 0 Å². The molecule has 0 spiro atoms. The first kappa shape index (κ1) is 23.6. The van der Waals surface area contributed by atoms with Crippen LogP contribution in [0.4, 0.5) is 5.69 Å². The molecular formula is C29H31NO4. The lowest BCUT2D eigenvalue weighted by Crippen LogP contribution is -2.55. The fraction of sp³-hybridized carbons (Fsp3) is 0.310. The molecule has 3 aromatic carbocycles. The summed E-state index contributed by atoms with van der Waals surface area (Å²) in [5.41, 5.74) is 4.37. The van der Waals surface area contributed by atoms with E-state index in [2.05, 4.69) is 36.4 Å². The van der Waals surface area contributed by atoms with Crippen molar-refractivity contribution >= 4 is 17.6 Å². The van der Waals surface area contributed by atoms with E-state index in [1.54, 1.807) is 7.11 Å².